The van der Waals surface area contributed by atoms with Crippen LogP contribution in [0.15, 0.2) is 11.6 Å². The fraction of sp³-hybridized carbons (Fsp3) is 0.911. The molecule has 0 saturated heterocycles. The second-order valence-electron chi connectivity index (χ2n) is 17.5. The lowest BCUT2D eigenvalue weighted by atomic mass is 10.3. The third-order valence-electron chi connectivity index (χ3n) is 10.7. The van der Waals surface area contributed by atoms with E-state index in [4.69, 9.17) is 119 Å². The number of carboxylic acids is 1. The van der Waals surface area contributed by atoms with E-state index in [1.165, 1.54) is 11.0 Å². The van der Waals surface area contributed by atoms with E-state index in [1.807, 2.05) is 0 Å². The molecule has 85 heavy (non-hydrogen) atoms. The van der Waals surface area contributed by atoms with E-state index < -0.39 is 5.97 Å². The zero-order valence-corrected chi connectivity index (χ0v) is 50.8. The fourth-order valence-corrected chi connectivity index (χ4v) is 6.32. The van der Waals surface area contributed by atoms with Crippen molar-refractivity contribution in [3.63, 3.8) is 0 Å². The van der Waals surface area contributed by atoms with Crippen LogP contribution in [0.3, 0.4) is 0 Å². The molecule has 0 aromatic carbocycles. The summed E-state index contributed by atoms with van der Waals surface area (Å²) in [6.07, 6.45) is 1.32. The van der Waals surface area contributed by atoms with Gasteiger partial charge >= 0.3 is 5.97 Å². The van der Waals surface area contributed by atoms with E-state index in [9.17, 15) is 14.4 Å². The van der Waals surface area contributed by atoms with Crippen molar-refractivity contribution >= 4 is 17.8 Å². The van der Waals surface area contributed by atoms with Crippen LogP contribution in [0.5, 0.6) is 0 Å². The summed E-state index contributed by atoms with van der Waals surface area (Å²) >= 11 is 0. The molecule has 0 aromatic rings. The zero-order chi connectivity index (χ0) is 60.9. The fourth-order valence-electron chi connectivity index (χ4n) is 6.32. The quantitative estimate of drug-likeness (QED) is 0.0627. The van der Waals surface area contributed by atoms with Crippen LogP contribution in [0.2, 0.25) is 0 Å². The smallest absolute Gasteiger partial charge is 0.305 e. The van der Waals surface area contributed by atoms with E-state index >= 15 is 0 Å². The van der Waals surface area contributed by atoms with Crippen molar-refractivity contribution in [3.05, 3.63) is 11.6 Å². The SMILES string of the molecule is CC1=CC(=O)N(CCOCCOCCOCCOCCOCCOCCOCCOCCOCCOCCOCCOCCOCCOCCOCCOCCOCCOCCOCCOCCOCCOCCOCCOCCC(=O)O)C1=O. The van der Waals surface area contributed by atoms with E-state index in [-0.39, 0.29) is 38.0 Å². The van der Waals surface area contributed by atoms with Gasteiger partial charge in [-0.1, -0.05) is 0 Å². The number of hydrogen-bond donors (Lipinski definition) is 1. The van der Waals surface area contributed by atoms with Crippen LogP contribution in [-0.2, 0) is 128 Å². The van der Waals surface area contributed by atoms with Crippen LogP contribution in [0.4, 0.5) is 0 Å². The molecule has 2 amide bonds. The van der Waals surface area contributed by atoms with Crippen LogP contribution < -0.4 is 0 Å². The summed E-state index contributed by atoms with van der Waals surface area (Å²) in [7, 11) is 0. The molecule has 502 valence electrons. The first-order chi connectivity index (χ1) is 42.0. The highest BCUT2D eigenvalue weighted by Gasteiger charge is 2.27. The van der Waals surface area contributed by atoms with Gasteiger partial charge in [-0.2, -0.15) is 0 Å². The Labute approximate surface area is 503 Å². The van der Waals surface area contributed by atoms with Crippen LogP contribution in [0, 0.1) is 0 Å². The van der Waals surface area contributed by atoms with Gasteiger partial charge in [0.1, 0.15) is 0 Å². The third-order valence-corrected chi connectivity index (χ3v) is 10.7. The molecule has 0 radical (unpaired) electrons. The van der Waals surface area contributed by atoms with Crippen LogP contribution in [-0.4, -0.2) is 351 Å². The lowest BCUT2D eigenvalue weighted by Gasteiger charge is -2.14. The summed E-state index contributed by atoms with van der Waals surface area (Å²) in [6, 6.07) is 0. The molecule has 0 aliphatic carbocycles. The van der Waals surface area contributed by atoms with E-state index in [0.29, 0.717) is 309 Å². The number of carbonyl (C=O) groups excluding carboxylic acids is 2. The highest BCUT2D eigenvalue weighted by atomic mass is 16.6. The van der Waals surface area contributed by atoms with Gasteiger partial charge in [0, 0.05) is 11.6 Å². The van der Waals surface area contributed by atoms with E-state index in [0.717, 1.165) is 0 Å². The minimum Gasteiger partial charge on any atom is -0.481 e. The molecule has 1 aliphatic rings. The number of carbonyl (C=O) groups is 3. The van der Waals surface area contributed by atoms with Crippen molar-refractivity contribution in [1.82, 2.24) is 4.90 Å². The number of rotatable bonds is 75. The van der Waals surface area contributed by atoms with Gasteiger partial charge in [-0.25, -0.2) is 0 Å². The number of ether oxygens (including phenoxy) is 24. The molecular weight excluding hydrogens is 1130 g/mol. The standard InChI is InChI=1S/C56H105NO28/c1-53-52-54(58)57(56(53)61)3-5-63-7-9-65-11-13-67-15-17-69-19-21-71-23-25-73-27-29-75-31-33-77-35-37-79-39-41-81-43-45-83-47-49-85-51-50-84-48-46-82-44-42-80-40-38-78-36-34-76-32-30-74-28-26-72-24-22-70-20-18-68-16-14-66-12-10-64-8-6-62-4-2-55(59)60/h52H,2-51H2,1H3,(H,59,60). The molecule has 0 fully saturated rings. The summed E-state index contributed by atoms with van der Waals surface area (Å²) in [4.78, 5) is 35.0. The first kappa shape index (κ1) is 80.4. The number of imide groups is 1. The van der Waals surface area contributed by atoms with Gasteiger partial charge in [0.25, 0.3) is 11.8 Å². The van der Waals surface area contributed by atoms with E-state index in [1.54, 1.807) is 6.92 Å². The van der Waals surface area contributed by atoms with Crippen LogP contribution in [0.1, 0.15) is 13.3 Å². The minimum atomic E-state index is -0.881. The second-order valence-corrected chi connectivity index (χ2v) is 17.5. The summed E-state index contributed by atoms with van der Waals surface area (Å²) in [5, 5.41) is 8.52. The average Bonchev–Trinajstić information content (AvgIpc) is 4.06. The van der Waals surface area contributed by atoms with Gasteiger partial charge in [0.05, 0.1) is 330 Å². The molecule has 29 heteroatoms. The topological polar surface area (TPSA) is 296 Å². The number of amides is 2. The van der Waals surface area contributed by atoms with Gasteiger partial charge in [-0.3, -0.25) is 19.3 Å². The molecule has 1 rings (SSSR count). The van der Waals surface area contributed by atoms with Crippen molar-refractivity contribution in [1.29, 1.82) is 0 Å². The van der Waals surface area contributed by atoms with Gasteiger partial charge in [0.2, 0.25) is 0 Å². The Bertz CT molecular complexity index is 1440. The van der Waals surface area contributed by atoms with Gasteiger partial charge in [-0.15, -0.1) is 0 Å². The van der Waals surface area contributed by atoms with Crippen LogP contribution >= 0.6 is 0 Å². The molecule has 1 N–H and O–H groups in total. The number of aliphatic carboxylic acids is 1. The minimum absolute atomic E-state index is 0.0114. The molecule has 1 aliphatic heterocycles. The molecule has 0 saturated carbocycles. The summed E-state index contributed by atoms with van der Waals surface area (Å²) in [5.74, 6) is -1.45. The Morgan fingerprint density at radius 1 is 0.271 bits per heavy atom. The molecule has 0 atom stereocenters. The monoisotopic (exact) mass is 1240 g/mol. The second kappa shape index (κ2) is 68.9. The van der Waals surface area contributed by atoms with Gasteiger partial charge in [0.15, 0.2) is 0 Å². The van der Waals surface area contributed by atoms with Crippen LogP contribution in [0.25, 0.3) is 0 Å². The maximum atomic E-state index is 11.8. The first-order valence-electron chi connectivity index (χ1n) is 29.6. The highest BCUT2D eigenvalue weighted by Crippen LogP contribution is 2.11. The molecule has 1 heterocycles. The Hall–Kier alpha value is -2.61. The Morgan fingerprint density at radius 3 is 0.541 bits per heavy atom. The lowest BCUT2D eigenvalue weighted by molar-refractivity contribution is -0.139. The summed E-state index contributed by atoms with van der Waals surface area (Å²) < 4.78 is 131. The first-order valence-corrected chi connectivity index (χ1v) is 29.6. The molecule has 0 unspecified atom stereocenters. The maximum Gasteiger partial charge on any atom is 0.305 e. The Kier molecular flexibility index (Phi) is 65.1. The molecule has 0 spiro atoms. The predicted molar refractivity (Wildman–Crippen MR) is 302 cm³/mol. The number of hydrogen-bond acceptors (Lipinski definition) is 27. The Morgan fingerprint density at radius 2 is 0.412 bits per heavy atom. The highest BCUT2D eigenvalue weighted by molar-refractivity contribution is 6.15. The van der Waals surface area contributed by atoms with Crippen molar-refractivity contribution in [2.45, 2.75) is 13.3 Å². The van der Waals surface area contributed by atoms with Crippen molar-refractivity contribution < 1.29 is 133 Å². The maximum absolute atomic E-state index is 11.8. The van der Waals surface area contributed by atoms with Crippen molar-refractivity contribution in [2.24, 2.45) is 0 Å². The zero-order valence-electron chi connectivity index (χ0n) is 50.8. The molecular formula is C56H105NO28. The largest absolute Gasteiger partial charge is 0.481 e. The average molecular weight is 1240 g/mol. The predicted octanol–water partition coefficient (Wildman–Crippen LogP) is 0.175. The molecule has 29 nitrogen and oxygen atoms in total. The summed E-state index contributed by atoms with van der Waals surface area (Å²) in [5.41, 5.74) is 0.446. The molecule has 0 bridgehead atoms. The summed E-state index contributed by atoms with van der Waals surface area (Å²) in [6.45, 7) is 23.5. The third kappa shape index (κ3) is 62.8. The Balaban J connectivity index is 1.59. The lowest BCUT2D eigenvalue weighted by Crippen LogP contribution is -2.34. The molecule has 0 aromatic heterocycles. The normalized spacial score (nSPS) is 12.7. The van der Waals surface area contributed by atoms with Gasteiger partial charge in [-0.05, 0) is 6.92 Å². The van der Waals surface area contributed by atoms with Crippen molar-refractivity contribution in [3.8, 4) is 0 Å². The number of carboxylic acid groups (broad SMARTS) is 1. The van der Waals surface area contributed by atoms with Gasteiger partial charge < -0.3 is 119 Å². The number of nitrogens with zero attached hydrogens (tertiary/aromatic N) is 1. The van der Waals surface area contributed by atoms with E-state index in [2.05, 4.69) is 0 Å². The van der Waals surface area contributed by atoms with Crippen molar-refractivity contribution in [2.75, 3.05) is 324 Å².